The van der Waals surface area contributed by atoms with Crippen LogP contribution in [0.4, 0.5) is 5.95 Å². The van der Waals surface area contributed by atoms with E-state index in [1.165, 1.54) is 0 Å². The molecule has 0 aromatic carbocycles. The third-order valence-corrected chi connectivity index (χ3v) is 3.08. The zero-order valence-corrected chi connectivity index (χ0v) is 12.6. The Hall–Kier alpha value is -1.88. The van der Waals surface area contributed by atoms with Crippen LogP contribution < -0.4 is 10.2 Å². The molecule has 5 nitrogen and oxygen atoms in total. The van der Waals surface area contributed by atoms with Crippen molar-refractivity contribution < 1.29 is 4.42 Å². The summed E-state index contributed by atoms with van der Waals surface area (Å²) < 4.78 is 5.34. The van der Waals surface area contributed by atoms with Crippen molar-refractivity contribution in [2.75, 3.05) is 11.9 Å². The number of aromatic nitrogens is 2. The molecule has 0 fully saturated rings. The monoisotopic (exact) mass is 274 g/mol. The Morgan fingerprint density at radius 3 is 2.80 bits per heavy atom. The minimum absolute atomic E-state index is 0.454. The van der Waals surface area contributed by atoms with E-state index < -0.39 is 0 Å². The number of nitrogens with zero attached hydrogens (tertiary/aromatic N) is 3. The van der Waals surface area contributed by atoms with Gasteiger partial charge in [-0.05, 0) is 19.1 Å². The summed E-state index contributed by atoms with van der Waals surface area (Å²) >= 11 is 0. The lowest BCUT2D eigenvalue weighted by molar-refractivity contribution is 0.506. The number of nitrogens with one attached hydrogen (secondary N) is 1. The van der Waals surface area contributed by atoms with Crippen molar-refractivity contribution in [3.63, 3.8) is 0 Å². The molecule has 0 spiro atoms. The van der Waals surface area contributed by atoms with Crippen molar-refractivity contribution in [1.82, 2.24) is 15.3 Å². The van der Waals surface area contributed by atoms with Gasteiger partial charge in [0.2, 0.25) is 5.95 Å². The molecule has 2 rings (SSSR count). The van der Waals surface area contributed by atoms with E-state index >= 15 is 0 Å². The molecule has 1 N–H and O–H groups in total. The average Bonchev–Trinajstić information content (AvgIpc) is 2.89. The molecule has 0 aliphatic heterocycles. The Balaban J connectivity index is 2.04. The van der Waals surface area contributed by atoms with Crippen LogP contribution in [0.2, 0.25) is 0 Å². The zero-order chi connectivity index (χ0) is 14.5. The number of hydrogen-bond donors (Lipinski definition) is 1. The van der Waals surface area contributed by atoms with E-state index in [-0.39, 0.29) is 0 Å². The zero-order valence-electron chi connectivity index (χ0n) is 12.6. The summed E-state index contributed by atoms with van der Waals surface area (Å²) in [6, 6.07) is 4.29. The molecule has 0 aliphatic carbocycles. The number of hydrogen-bond acceptors (Lipinski definition) is 5. The van der Waals surface area contributed by atoms with Crippen LogP contribution in [-0.4, -0.2) is 23.1 Å². The summed E-state index contributed by atoms with van der Waals surface area (Å²) in [7, 11) is 1.96. The fraction of sp³-hybridized carbons (Fsp3) is 0.467. The van der Waals surface area contributed by atoms with Crippen LogP contribution in [0.5, 0.6) is 0 Å². The van der Waals surface area contributed by atoms with Gasteiger partial charge in [0.15, 0.2) is 0 Å². The Kier molecular flexibility index (Phi) is 4.74. The van der Waals surface area contributed by atoms with Gasteiger partial charge in [-0.3, -0.25) is 0 Å². The summed E-state index contributed by atoms with van der Waals surface area (Å²) in [6.45, 7) is 7.73. The van der Waals surface area contributed by atoms with Crippen LogP contribution in [0.15, 0.2) is 29.0 Å². The third kappa shape index (κ3) is 3.81. The Bertz CT molecular complexity index is 537. The molecule has 2 aromatic rings. The summed E-state index contributed by atoms with van der Waals surface area (Å²) in [5.74, 6) is 1.62. The van der Waals surface area contributed by atoms with E-state index in [0.29, 0.717) is 18.5 Å². The maximum Gasteiger partial charge on any atom is 0.225 e. The van der Waals surface area contributed by atoms with Gasteiger partial charge in [0.05, 0.1) is 12.8 Å². The Labute approximate surface area is 120 Å². The quantitative estimate of drug-likeness (QED) is 0.877. The lowest BCUT2D eigenvalue weighted by atomic mass is 10.2. The van der Waals surface area contributed by atoms with Gasteiger partial charge in [-0.2, -0.15) is 0 Å². The standard InChI is InChI=1S/C15H22N4O/c1-11(2)16-8-13-9-17-15(18-12(13)3)19(4)10-14-6-5-7-20-14/h5-7,9,11,16H,8,10H2,1-4H3. The van der Waals surface area contributed by atoms with E-state index in [4.69, 9.17) is 4.42 Å². The normalized spacial score (nSPS) is 11.1. The maximum absolute atomic E-state index is 5.34. The molecule has 2 heterocycles. The molecule has 5 heteroatoms. The van der Waals surface area contributed by atoms with Gasteiger partial charge in [-0.1, -0.05) is 13.8 Å². The molecule has 0 radical (unpaired) electrons. The molecule has 108 valence electrons. The van der Waals surface area contributed by atoms with Crippen LogP contribution in [-0.2, 0) is 13.1 Å². The first kappa shape index (κ1) is 14.5. The van der Waals surface area contributed by atoms with Crippen LogP contribution >= 0.6 is 0 Å². The predicted molar refractivity (Wildman–Crippen MR) is 79.6 cm³/mol. The molecule has 2 aromatic heterocycles. The molecular weight excluding hydrogens is 252 g/mol. The van der Waals surface area contributed by atoms with Gasteiger partial charge in [0.25, 0.3) is 0 Å². The molecule has 0 saturated heterocycles. The molecule has 0 atom stereocenters. The lowest BCUT2D eigenvalue weighted by Gasteiger charge is -2.17. The second-order valence-corrected chi connectivity index (χ2v) is 5.25. The molecule has 20 heavy (non-hydrogen) atoms. The smallest absolute Gasteiger partial charge is 0.225 e. The molecule has 0 saturated carbocycles. The molecule has 0 amide bonds. The molecule has 0 unspecified atom stereocenters. The minimum Gasteiger partial charge on any atom is -0.467 e. The largest absolute Gasteiger partial charge is 0.467 e. The third-order valence-electron chi connectivity index (χ3n) is 3.08. The predicted octanol–water partition coefficient (Wildman–Crippen LogP) is 2.51. The van der Waals surface area contributed by atoms with Crippen molar-refractivity contribution >= 4 is 5.95 Å². The van der Waals surface area contributed by atoms with Gasteiger partial charge in [0, 0.05) is 37.1 Å². The van der Waals surface area contributed by atoms with E-state index in [0.717, 1.165) is 23.6 Å². The fourth-order valence-corrected chi connectivity index (χ4v) is 1.86. The number of rotatable bonds is 6. The summed E-state index contributed by atoms with van der Waals surface area (Å²) in [6.07, 6.45) is 3.57. The lowest BCUT2D eigenvalue weighted by Crippen LogP contribution is -2.24. The van der Waals surface area contributed by atoms with Crippen LogP contribution in [0.25, 0.3) is 0 Å². The number of anilines is 1. The van der Waals surface area contributed by atoms with Gasteiger partial charge in [0.1, 0.15) is 5.76 Å². The van der Waals surface area contributed by atoms with Crippen molar-refractivity contribution in [3.8, 4) is 0 Å². The van der Waals surface area contributed by atoms with Crippen molar-refractivity contribution in [2.24, 2.45) is 0 Å². The number of furan rings is 1. The van der Waals surface area contributed by atoms with Gasteiger partial charge >= 0.3 is 0 Å². The van der Waals surface area contributed by atoms with Crippen LogP contribution in [0.3, 0.4) is 0 Å². The second kappa shape index (κ2) is 6.52. The highest BCUT2D eigenvalue weighted by molar-refractivity contribution is 5.32. The second-order valence-electron chi connectivity index (χ2n) is 5.25. The van der Waals surface area contributed by atoms with E-state index in [1.54, 1.807) is 6.26 Å². The molecule has 0 aliphatic rings. The molecule has 0 bridgehead atoms. The Morgan fingerprint density at radius 1 is 1.40 bits per heavy atom. The molecular formula is C15H22N4O. The van der Waals surface area contributed by atoms with Crippen molar-refractivity contribution in [1.29, 1.82) is 0 Å². The van der Waals surface area contributed by atoms with Crippen LogP contribution in [0, 0.1) is 6.92 Å². The highest BCUT2D eigenvalue weighted by Crippen LogP contribution is 2.13. The van der Waals surface area contributed by atoms with Gasteiger partial charge < -0.3 is 14.6 Å². The first-order valence-corrected chi connectivity index (χ1v) is 6.85. The highest BCUT2D eigenvalue weighted by Gasteiger charge is 2.09. The summed E-state index contributed by atoms with van der Waals surface area (Å²) in [5, 5.41) is 3.38. The topological polar surface area (TPSA) is 54.2 Å². The van der Waals surface area contributed by atoms with Crippen molar-refractivity contribution in [3.05, 3.63) is 41.6 Å². The highest BCUT2D eigenvalue weighted by atomic mass is 16.3. The first-order valence-electron chi connectivity index (χ1n) is 6.85. The van der Waals surface area contributed by atoms with Gasteiger partial charge in [-0.15, -0.1) is 0 Å². The van der Waals surface area contributed by atoms with E-state index in [9.17, 15) is 0 Å². The van der Waals surface area contributed by atoms with Gasteiger partial charge in [-0.25, -0.2) is 9.97 Å². The Morgan fingerprint density at radius 2 is 2.20 bits per heavy atom. The first-order chi connectivity index (χ1) is 9.56. The van der Waals surface area contributed by atoms with Crippen molar-refractivity contribution in [2.45, 2.75) is 39.9 Å². The fourth-order valence-electron chi connectivity index (χ4n) is 1.86. The van der Waals surface area contributed by atoms with Crippen LogP contribution in [0.1, 0.15) is 30.9 Å². The SMILES string of the molecule is Cc1nc(N(C)Cc2ccco2)ncc1CNC(C)C. The van der Waals surface area contributed by atoms with E-state index in [2.05, 4.69) is 29.1 Å². The summed E-state index contributed by atoms with van der Waals surface area (Å²) in [4.78, 5) is 11.0. The summed E-state index contributed by atoms with van der Waals surface area (Å²) in [5.41, 5.74) is 2.14. The van der Waals surface area contributed by atoms with E-state index in [1.807, 2.05) is 37.2 Å². The number of aryl methyl sites for hydroxylation is 1. The average molecular weight is 274 g/mol. The minimum atomic E-state index is 0.454. The maximum atomic E-state index is 5.34.